The third-order valence-electron chi connectivity index (χ3n) is 5.85. The fourth-order valence-electron chi connectivity index (χ4n) is 3.98. The van der Waals surface area contributed by atoms with E-state index in [0.717, 1.165) is 41.7 Å². The zero-order valence-electron chi connectivity index (χ0n) is 20.8. The molecule has 8 nitrogen and oxygen atoms in total. The Hall–Kier alpha value is -3.98. The molecule has 1 aromatic heterocycles. The van der Waals surface area contributed by atoms with Crippen molar-refractivity contribution in [1.82, 2.24) is 5.43 Å². The summed E-state index contributed by atoms with van der Waals surface area (Å²) in [4.78, 5) is 38.5. The molecule has 0 fully saturated rings. The number of carbonyl (C=O) groups excluding carboxylic acids is 3. The molecule has 0 atom stereocenters. The first-order chi connectivity index (χ1) is 17.9. The lowest BCUT2D eigenvalue weighted by Crippen LogP contribution is -2.32. The van der Waals surface area contributed by atoms with Crippen LogP contribution in [0, 0.1) is 6.92 Å². The van der Waals surface area contributed by atoms with Gasteiger partial charge in [-0.3, -0.25) is 9.59 Å². The largest absolute Gasteiger partial charge is 0.489 e. The van der Waals surface area contributed by atoms with Crippen molar-refractivity contribution < 1.29 is 23.9 Å². The molecule has 192 valence electrons. The summed E-state index contributed by atoms with van der Waals surface area (Å²) < 4.78 is 11.0. The maximum atomic E-state index is 12.5. The van der Waals surface area contributed by atoms with Gasteiger partial charge in [0.15, 0.2) is 0 Å². The number of carbonyl (C=O) groups is 3. The van der Waals surface area contributed by atoms with E-state index in [0.29, 0.717) is 28.5 Å². The smallest absolute Gasteiger partial charge is 0.341 e. The van der Waals surface area contributed by atoms with Gasteiger partial charge in [0.05, 0.1) is 18.4 Å². The topological polar surface area (TPSA) is 106 Å². The molecule has 2 N–H and O–H groups in total. The van der Waals surface area contributed by atoms with Crippen molar-refractivity contribution in [3.8, 4) is 5.75 Å². The van der Waals surface area contributed by atoms with E-state index in [2.05, 4.69) is 15.8 Å². The van der Waals surface area contributed by atoms with Crippen LogP contribution in [0.3, 0.4) is 0 Å². The first-order valence-electron chi connectivity index (χ1n) is 12.2. The van der Waals surface area contributed by atoms with Crippen LogP contribution in [0.4, 0.5) is 5.00 Å². The number of nitrogens with zero attached hydrogens (tertiary/aromatic N) is 1. The van der Waals surface area contributed by atoms with Gasteiger partial charge in [-0.1, -0.05) is 42.0 Å². The number of amides is 2. The minimum absolute atomic E-state index is 0.226. The Morgan fingerprint density at radius 3 is 2.62 bits per heavy atom. The Balaban J connectivity index is 1.35. The number of benzene rings is 2. The Morgan fingerprint density at radius 2 is 1.84 bits per heavy atom. The number of hydrazone groups is 1. The normalized spacial score (nSPS) is 12.6. The quantitative estimate of drug-likeness (QED) is 0.193. The number of fused-ring (bicyclic) bond motifs is 1. The number of aryl methyl sites for hydroxylation is 2. The number of hydrogen-bond acceptors (Lipinski definition) is 7. The predicted molar refractivity (Wildman–Crippen MR) is 143 cm³/mol. The third kappa shape index (κ3) is 6.83. The van der Waals surface area contributed by atoms with Crippen molar-refractivity contribution >= 4 is 40.3 Å². The van der Waals surface area contributed by atoms with Crippen molar-refractivity contribution in [3.05, 3.63) is 81.2 Å². The van der Waals surface area contributed by atoms with E-state index in [1.165, 1.54) is 23.1 Å². The van der Waals surface area contributed by atoms with Crippen LogP contribution in [0.2, 0.25) is 0 Å². The maximum absolute atomic E-state index is 12.5. The zero-order valence-corrected chi connectivity index (χ0v) is 21.7. The van der Waals surface area contributed by atoms with Crippen LogP contribution in [0.1, 0.15) is 57.3 Å². The van der Waals surface area contributed by atoms with Gasteiger partial charge in [0, 0.05) is 4.88 Å². The zero-order chi connectivity index (χ0) is 26.2. The lowest BCUT2D eigenvalue weighted by atomic mass is 9.95. The molecule has 2 aromatic carbocycles. The van der Waals surface area contributed by atoms with Crippen LogP contribution in [-0.2, 0) is 33.8 Å². The van der Waals surface area contributed by atoms with Gasteiger partial charge in [-0.25, -0.2) is 10.2 Å². The molecule has 0 unspecified atom stereocenters. The van der Waals surface area contributed by atoms with Crippen molar-refractivity contribution in [3.63, 3.8) is 0 Å². The van der Waals surface area contributed by atoms with Crippen LogP contribution in [0.15, 0.2) is 53.6 Å². The first kappa shape index (κ1) is 26.1. The van der Waals surface area contributed by atoms with Gasteiger partial charge in [0.1, 0.15) is 17.4 Å². The number of esters is 1. The van der Waals surface area contributed by atoms with Gasteiger partial charge < -0.3 is 14.8 Å². The molecule has 0 saturated heterocycles. The molecule has 0 bridgehead atoms. The molecule has 0 aliphatic heterocycles. The van der Waals surface area contributed by atoms with Crippen molar-refractivity contribution in [1.29, 1.82) is 0 Å². The molecule has 0 spiro atoms. The summed E-state index contributed by atoms with van der Waals surface area (Å²) in [6.45, 7) is 4.42. The summed E-state index contributed by atoms with van der Waals surface area (Å²) in [7, 11) is 0. The van der Waals surface area contributed by atoms with E-state index >= 15 is 0 Å². The molecule has 1 aliphatic rings. The second-order valence-corrected chi connectivity index (χ2v) is 9.74. The number of nitrogens with one attached hydrogen (secondary N) is 2. The van der Waals surface area contributed by atoms with E-state index in [1.54, 1.807) is 19.1 Å². The first-order valence-corrected chi connectivity index (χ1v) is 13.0. The monoisotopic (exact) mass is 519 g/mol. The Labute approximate surface area is 219 Å². The molecule has 37 heavy (non-hydrogen) atoms. The van der Waals surface area contributed by atoms with Gasteiger partial charge in [0.25, 0.3) is 0 Å². The molecule has 2 amide bonds. The van der Waals surface area contributed by atoms with Crippen molar-refractivity contribution in [2.75, 3.05) is 11.9 Å². The summed E-state index contributed by atoms with van der Waals surface area (Å²) in [5.74, 6) is -1.68. The predicted octanol–water partition coefficient (Wildman–Crippen LogP) is 4.78. The average molecular weight is 520 g/mol. The van der Waals surface area contributed by atoms with Gasteiger partial charge >= 0.3 is 17.8 Å². The highest BCUT2D eigenvalue weighted by molar-refractivity contribution is 7.17. The van der Waals surface area contributed by atoms with Crippen LogP contribution in [0.25, 0.3) is 0 Å². The number of rotatable bonds is 8. The molecule has 1 heterocycles. The SMILES string of the molecule is CCOC(=O)c1c(NC(=O)C(=O)N/N=C/c2cccc(OCc3ccc(C)cc3)c2)sc2c1CCCC2. The van der Waals surface area contributed by atoms with E-state index in [9.17, 15) is 14.4 Å². The highest BCUT2D eigenvalue weighted by Gasteiger charge is 2.28. The summed E-state index contributed by atoms with van der Waals surface area (Å²) in [5, 5.41) is 6.81. The minimum atomic E-state index is -0.941. The molecule has 3 aromatic rings. The molecule has 0 saturated carbocycles. The van der Waals surface area contributed by atoms with E-state index in [-0.39, 0.29) is 6.61 Å². The molecular formula is C28H29N3O5S. The minimum Gasteiger partial charge on any atom is -0.489 e. The lowest BCUT2D eigenvalue weighted by Gasteiger charge is -2.12. The molecular weight excluding hydrogens is 490 g/mol. The van der Waals surface area contributed by atoms with E-state index in [1.807, 2.05) is 43.3 Å². The molecule has 0 radical (unpaired) electrons. The maximum Gasteiger partial charge on any atom is 0.341 e. The van der Waals surface area contributed by atoms with Crippen LogP contribution in [0.5, 0.6) is 5.75 Å². The fourth-order valence-corrected chi connectivity index (χ4v) is 5.26. The number of hydrogen-bond donors (Lipinski definition) is 2. The Kier molecular flexibility index (Phi) is 8.68. The Bertz CT molecular complexity index is 1310. The fraction of sp³-hybridized carbons (Fsp3) is 0.286. The highest BCUT2D eigenvalue weighted by atomic mass is 32.1. The second-order valence-electron chi connectivity index (χ2n) is 8.64. The van der Waals surface area contributed by atoms with E-state index in [4.69, 9.17) is 9.47 Å². The summed E-state index contributed by atoms with van der Waals surface area (Å²) >= 11 is 1.32. The summed E-state index contributed by atoms with van der Waals surface area (Å²) in [5.41, 5.74) is 6.44. The summed E-state index contributed by atoms with van der Waals surface area (Å²) in [6, 6.07) is 15.3. The van der Waals surface area contributed by atoms with Crippen LogP contribution >= 0.6 is 11.3 Å². The second kappa shape index (κ2) is 12.3. The van der Waals surface area contributed by atoms with Crippen molar-refractivity contribution in [2.24, 2.45) is 5.10 Å². The van der Waals surface area contributed by atoms with Gasteiger partial charge in [-0.05, 0) is 68.4 Å². The Morgan fingerprint density at radius 1 is 1.05 bits per heavy atom. The van der Waals surface area contributed by atoms with E-state index < -0.39 is 17.8 Å². The van der Waals surface area contributed by atoms with Gasteiger partial charge in [-0.2, -0.15) is 5.10 Å². The van der Waals surface area contributed by atoms with Crippen LogP contribution < -0.4 is 15.5 Å². The average Bonchev–Trinajstić information content (AvgIpc) is 3.26. The molecule has 4 rings (SSSR count). The number of ether oxygens (including phenoxy) is 2. The van der Waals surface area contributed by atoms with Crippen molar-refractivity contribution in [2.45, 2.75) is 46.1 Å². The highest BCUT2D eigenvalue weighted by Crippen LogP contribution is 2.38. The standard InChI is InChI=1S/C28H29N3O5S/c1-3-35-28(34)24-22-9-4-5-10-23(22)37-27(24)30-25(32)26(33)31-29-16-20-7-6-8-21(15-20)36-17-19-13-11-18(2)12-14-19/h6-8,11-16H,3-5,9-10,17H2,1-2H3,(H,30,32)(H,31,33)/b29-16+. The molecule has 9 heteroatoms. The third-order valence-corrected chi connectivity index (χ3v) is 7.06. The lowest BCUT2D eigenvalue weighted by molar-refractivity contribution is -0.136. The van der Waals surface area contributed by atoms with Gasteiger partial charge in [0.2, 0.25) is 0 Å². The molecule has 1 aliphatic carbocycles. The van der Waals surface area contributed by atoms with Gasteiger partial charge in [-0.15, -0.1) is 11.3 Å². The number of anilines is 1. The number of thiophene rings is 1. The van der Waals surface area contributed by atoms with Crippen LogP contribution in [-0.4, -0.2) is 30.6 Å². The summed E-state index contributed by atoms with van der Waals surface area (Å²) in [6.07, 6.45) is 5.01.